The minimum Gasteiger partial charge on any atom is -0.471 e. The Labute approximate surface area is 152 Å². The summed E-state index contributed by atoms with van der Waals surface area (Å²) in [6.45, 7) is -1.56. The van der Waals surface area contributed by atoms with Gasteiger partial charge in [-0.1, -0.05) is 6.92 Å². The maximum Gasteiger partial charge on any atom is 0.345 e. The molecule has 1 aliphatic rings. The number of hydrogen-bond acceptors (Lipinski definition) is 4. The van der Waals surface area contributed by atoms with E-state index in [1.165, 1.54) is 12.1 Å². The number of nitrogens with two attached hydrogens (primary N) is 1. The normalized spacial score (nSPS) is 18.9. The maximum absolute atomic E-state index is 14.3. The zero-order chi connectivity index (χ0) is 19.7. The number of pyridine rings is 1. The molecule has 3 rings (SSSR count). The lowest BCUT2D eigenvalue weighted by molar-refractivity contribution is -0.150. The zero-order valence-corrected chi connectivity index (χ0v) is 14.2. The highest BCUT2D eigenvalue weighted by Gasteiger charge is 2.32. The number of nitrogens with zero attached hydrogens (tertiary/aromatic N) is 1. The van der Waals surface area contributed by atoms with Crippen LogP contribution in [0.5, 0.6) is 5.88 Å². The van der Waals surface area contributed by atoms with Gasteiger partial charge in [0, 0.05) is 17.2 Å². The molecule has 2 unspecified atom stereocenters. The summed E-state index contributed by atoms with van der Waals surface area (Å²) in [5, 5.41) is 0. The molecule has 2 atom stereocenters. The second-order valence-electron chi connectivity index (χ2n) is 6.26. The minimum atomic E-state index is -2.95. The Morgan fingerprint density at radius 1 is 1.33 bits per heavy atom. The third-order valence-electron chi connectivity index (χ3n) is 4.37. The first kappa shape index (κ1) is 19.1. The first-order chi connectivity index (χ1) is 12.8. The standard InChI is InChI=1S/C18H16F4N2O3/c1-8-4-12-11(10-3-2-9(19)5-13(10)20)6-14(16(23)25)24-17(12)27-15(8)7-26-18(21)22/h2-3,5-6,8,15,18H,4,7H2,1H3,(H2,23,25). The van der Waals surface area contributed by atoms with Gasteiger partial charge in [0.1, 0.15) is 23.4 Å². The lowest BCUT2D eigenvalue weighted by Gasteiger charge is -2.32. The average molecular weight is 384 g/mol. The number of fused-ring (bicyclic) bond motifs is 1. The van der Waals surface area contributed by atoms with E-state index < -0.39 is 30.3 Å². The monoisotopic (exact) mass is 384 g/mol. The number of rotatable bonds is 5. The van der Waals surface area contributed by atoms with Gasteiger partial charge in [-0.2, -0.15) is 8.78 Å². The van der Waals surface area contributed by atoms with Gasteiger partial charge in [-0.25, -0.2) is 13.8 Å². The van der Waals surface area contributed by atoms with Crippen molar-refractivity contribution in [3.63, 3.8) is 0 Å². The summed E-state index contributed by atoms with van der Waals surface area (Å²) >= 11 is 0. The summed E-state index contributed by atoms with van der Waals surface area (Å²) in [5.41, 5.74) is 5.91. The molecule has 0 bridgehead atoms. The van der Waals surface area contributed by atoms with Gasteiger partial charge in [0.25, 0.3) is 5.91 Å². The Hall–Kier alpha value is -2.68. The minimum absolute atomic E-state index is 0.00834. The zero-order valence-electron chi connectivity index (χ0n) is 14.2. The van der Waals surface area contributed by atoms with Crippen LogP contribution in [-0.2, 0) is 11.2 Å². The maximum atomic E-state index is 14.3. The number of ether oxygens (including phenoxy) is 2. The summed E-state index contributed by atoms with van der Waals surface area (Å²) in [6, 6.07) is 4.35. The molecule has 1 aliphatic heterocycles. The molecular weight excluding hydrogens is 368 g/mol. The summed E-state index contributed by atoms with van der Waals surface area (Å²) in [4.78, 5) is 15.6. The number of primary amides is 1. The van der Waals surface area contributed by atoms with E-state index in [4.69, 9.17) is 10.5 Å². The fraction of sp³-hybridized carbons (Fsp3) is 0.333. The van der Waals surface area contributed by atoms with Crippen molar-refractivity contribution < 1.29 is 31.8 Å². The van der Waals surface area contributed by atoms with Crippen LogP contribution in [0.15, 0.2) is 24.3 Å². The van der Waals surface area contributed by atoms with Crippen LogP contribution >= 0.6 is 0 Å². The van der Waals surface area contributed by atoms with E-state index in [9.17, 15) is 22.4 Å². The summed E-state index contributed by atoms with van der Waals surface area (Å²) < 4.78 is 62.1. The molecule has 2 N–H and O–H groups in total. The third kappa shape index (κ3) is 4.02. The lowest BCUT2D eigenvalue weighted by Crippen LogP contribution is -2.36. The highest BCUT2D eigenvalue weighted by Crippen LogP contribution is 2.38. The molecule has 27 heavy (non-hydrogen) atoms. The number of carbonyl (C=O) groups is 1. The molecule has 1 aromatic heterocycles. The Morgan fingerprint density at radius 2 is 2.07 bits per heavy atom. The lowest BCUT2D eigenvalue weighted by atomic mass is 9.88. The molecule has 0 fully saturated rings. The Bertz CT molecular complexity index is 876. The molecule has 1 amide bonds. The van der Waals surface area contributed by atoms with Gasteiger partial charge >= 0.3 is 6.61 Å². The second-order valence-corrected chi connectivity index (χ2v) is 6.26. The Morgan fingerprint density at radius 3 is 2.70 bits per heavy atom. The summed E-state index contributed by atoms with van der Waals surface area (Å²) in [7, 11) is 0. The molecule has 1 aromatic carbocycles. The molecule has 2 aromatic rings. The van der Waals surface area contributed by atoms with Crippen molar-refractivity contribution in [3.05, 3.63) is 47.2 Å². The summed E-state index contributed by atoms with van der Waals surface area (Å²) in [6.07, 6.45) is -0.418. The van der Waals surface area contributed by atoms with Gasteiger partial charge in [0.05, 0.1) is 6.61 Å². The van der Waals surface area contributed by atoms with Crippen LogP contribution in [0.1, 0.15) is 23.0 Å². The van der Waals surface area contributed by atoms with E-state index in [2.05, 4.69) is 9.72 Å². The highest BCUT2D eigenvalue weighted by molar-refractivity contribution is 5.93. The van der Waals surface area contributed by atoms with Crippen LogP contribution in [0, 0.1) is 17.6 Å². The topological polar surface area (TPSA) is 74.4 Å². The Balaban J connectivity index is 2.07. The first-order valence-corrected chi connectivity index (χ1v) is 8.11. The second kappa shape index (κ2) is 7.51. The number of amides is 1. The fourth-order valence-corrected chi connectivity index (χ4v) is 3.00. The van der Waals surface area contributed by atoms with Crippen molar-refractivity contribution >= 4 is 5.91 Å². The van der Waals surface area contributed by atoms with E-state index in [0.29, 0.717) is 12.0 Å². The predicted molar refractivity (Wildman–Crippen MR) is 87.3 cm³/mol. The van der Waals surface area contributed by atoms with Crippen LogP contribution in [0.3, 0.4) is 0 Å². The van der Waals surface area contributed by atoms with Gasteiger partial charge in [0.15, 0.2) is 0 Å². The van der Waals surface area contributed by atoms with Crippen LogP contribution in [-0.4, -0.2) is 30.2 Å². The van der Waals surface area contributed by atoms with E-state index >= 15 is 0 Å². The molecule has 0 spiro atoms. The number of benzene rings is 1. The van der Waals surface area contributed by atoms with Crippen molar-refractivity contribution in [1.29, 1.82) is 0 Å². The van der Waals surface area contributed by atoms with E-state index in [-0.39, 0.29) is 35.2 Å². The molecule has 0 saturated heterocycles. The fourth-order valence-electron chi connectivity index (χ4n) is 3.00. The smallest absolute Gasteiger partial charge is 0.345 e. The predicted octanol–water partition coefficient (Wildman–Crippen LogP) is 3.30. The molecule has 0 aliphatic carbocycles. The quantitative estimate of drug-likeness (QED) is 0.803. The van der Waals surface area contributed by atoms with E-state index in [0.717, 1.165) is 12.1 Å². The molecule has 0 radical (unpaired) electrons. The third-order valence-corrected chi connectivity index (χ3v) is 4.37. The Kier molecular flexibility index (Phi) is 5.31. The van der Waals surface area contributed by atoms with Crippen molar-refractivity contribution in [2.75, 3.05) is 6.61 Å². The number of hydrogen-bond donors (Lipinski definition) is 1. The SMILES string of the molecule is CC1Cc2c(-c3ccc(F)cc3F)cc(C(N)=O)nc2OC1COC(F)F. The van der Waals surface area contributed by atoms with Gasteiger partial charge in [-0.05, 0) is 36.1 Å². The van der Waals surface area contributed by atoms with Crippen LogP contribution < -0.4 is 10.5 Å². The first-order valence-electron chi connectivity index (χ1n) is 8.11. The van der Waals surface area contributed by atoms with Gasteiger partial charge in [0.2, 0.25) is 5.88 Å². The average Bonchev–Trinajstić information content (AvgIpc) is 2.59. The van der Waals surface area contributed by atoms with E-state index in [1.54, 1.807) is 6.92 Å². The van der Waals surface area contributed by atoms with Crippen molar-refractivity contribution in [2.24, 2.45) is 11.7 Å². The number of aromatic nitrogens is 1. The highest BCUT2D eigenvalue weighted by atomic mass is 19.3. The van der Waals surface area contributed by atoms with E-state index in [1.807, 2.05) is 0 Å². The molecule has 144 valence electrons. The van der Waals surface area contributed by atoms with Crippen molar-refractivity contribution in [2.45, 2.75) is 26.1 Å². The van der Waals surface area contributed by atoms with Crippen LogP contribution in [0.4, 0.5) is 17.6 Å². The van der Waals surface area contributed by atoms with Crippen LogP contribution in [0.25, 0.3) is 11.1 Å². The van der Waals surface area contributed by atoms with Gasteiger partial charge in [-0.3, -0.25) is 4.79 Å². The molecule has 5 nitrogen and oxygen atoms in total. The number of carbonyl (C=O) groups excluding carboxylic acids is 1. The number of alkyl halides is 2. The summed E-state index contributed by atoms with van der Waals surface area (Å²) in [5.74, 6) is -2.70. The van der Waals surface area contributed by atoms with Gasteiger partial charge < -0.3 is 15.2 Å². The molecular formula is C18H16F4N2O3. The molecule has 0 saturated carbocycles. The largest absolute Gasteiger partial charge is 0.471 e. The van der Waals surface area contributed by atoms with Crippen molar-refractivity contribution in [1.82, 2.24) is 4.98 Å². The van der Waals surface area contributed by atoms with Crippen LogP contribution in [0.2, 0.25) is 0 Å². The molecule has 2 heterocycles. The number of halogens is 4. The molecule has 9 heteroatoms. The van der Waals surface area contributed by atoms with Crippen molar-refractivity contribution in [3.8, 4) is 17.0 Å². The van der Waals surface area contributed by atoms with Gasteiger partial charge in [-0.15, -0.1) is 0 Å².